The molecule has 1 amide bonds. The molecule has 2 N–H and O–H groups in total. The van der Waals surface area contributed by atoms with Gasteiger partial charge in [0.05, 0.1) is 11.8 Å². The van der Waals surface area contributed by atoms with E-state index in [2.05, 4.69) is 17.5 Å². The Kier molecular flexibility index (Phi) is 4.77. The molecule has 4 nitrogen and oxygen atoms in total. The van der Waals surface area contributed by atoms with Crippen LogP contribution in [0, 0.1) is 17.8 Å². The third kappa shape index (κ3) is 3.69. The predicted octanol–water partition coefficient (Wildman–Crippen LogP) is 2.13. The number of carbonyl (C=O) groups is 2. The summed E-state index contributed by atoms with van der Waals surface area (Å²) in [4.78, 5) is 23.3. The molecule has 0 bridgehead atoms. The molecule has 2 aliphatic rings. The Hall–Kier alpha value is -1.58. The third-order valence-electron chi connectivity index (χ3n) is 4.03. The van der Waals surface area contributed by atoms with Gasteiger partial charge >= 0.3 is 5.97 Å². The average molecular weight is 263 g/mol. The topological polar surface area (TPSA) is 66.4 Å². The Labute approximate surface area is 113 Å². The van der Waals surface area contributed by atoms with Gasteiger partial charge in [0.15, 0.2) is 0 Å². The van der Waals surface area contributed by atoms with Crippen LogP contribution in [-0.2, 0) is 9.59 Å². The van der Waals surface area contributed by atoms with Crippen LogP contribution in [0.3, 0.4) is 0 Å². The summed E-state index contributed by atoms with van der Waals surface area (Å²) < 4.78 is 0. The SMILES string of the molecule is O=C(O)C1CC=CCC1C(=O)NCC1CC=CCC1. The molecule has 3 unspecified atom stereocenters. The fraction of sp³-hybridized carbons (Fsp3) is 0.600. The van der Waals surface area contributed by atoms with Gasteiger partial charge in [0.1, 0.15) is 0 Å². The molecule has 2 aliphatic carbocycles. The number of carboxylic acids is 1. The van der Waals surface area contributed by atoms with Crippen LogP contribution in [0.15, 0.2) is 24.3 Å². The van der Waals surface area contributed by atoms with Crippen molar-refractivity contribution in [3.8, 4) is 0 Å². The van der Waals surface area contributed by atoms with E-state index >= 15 is 0 Å². The van der Waals surface area contributed by atoms with Gasteiger partial charge in [0.25, 0.3) is 0 Å². The highest BCUT2D eigenvalue weighted by Gasteiger charge is 2.33. The van der Waals surface area contributed by atoms with Crippen LogP contribution in [0.25, 0.3) is 0 Å². The van der Waals surface area contributed by atoms with E-state index < -0.39 is 17.8 Å². The van der Waals surface area contributed by atoms with Crippen molar-refractivity contribution in [2.75, 3.05) is 6.54 Å². The van der Waals surface area contributed by atoms with Crippen LogP contribution in [0.4, 0.5) is 0 Å². The van der Waals surface area contributed by atoms with E-state index in [4.69, 9.17) is 5.11 Å². The molecule has 0 aromatic heterocycles. The summed E-state index contributed by atoms with van der Waals surface area (Å²) in [5.41, 5.74) is 0. The van der Waals surface area contributed by atoms with E-state index in [0.29, 0.717) is 25.3 Å². The van der Waals surface area contributed by atoms with E-state index in [0.717, 1.165) is 19.3 Å². The Morgan fingerprint density at radius 3 is 2.37 bits per heavy atom. The van der Waals surface area contributed by atoms with Crippen molar-refractivity contribution in [1.82, 2.24) is 5.32 Å². The second kappa shape index (κ2) is 6.55. The number of hydrogen-bond donors (Lipinski definition) is 2. The largest absolute Gasteiger partial charge is 0.481 e. The van der Waals surface area contributed by atoms with Gasteiger partial charge in [-0.2, -0.15) is 0 Å². The third-order valence-corrected chi connectivity index (χ3v) is 4.03. The van der Waals surface area contributed by atoms with Crippen LogP contribution in [0.2, 0.25) is 0 Å². The zero-order chi connectivity index (χ0) is 13.7. The maximum absolute atomic E-state index is 12.1. The Morgan fingerprint density at radius 1 is 1.05 bits per heavy atom. The smallest absolute Gasteiger partial charge is 0.307 e. The first-order chi connectivity index (χ1) is 9.18. The lowest BCUT2D eigenvalue weighted by molar-refractivity contribution is -0.147. The van der Waals surface area contributed by atoms with Crippen LogP contribution in [0.5, 0.6) is 0 Å². The maximum Gasteiger partial charge on any atom is 0.307 e. The molecule has 104 valence electrons. The van der Waals surface area contributed by atoms with Crippen LogP contribution in [0.1, 0.15) is 32.1 Å². The first kappa shape index (κ1) is 13.8. The minimum absolute atomic E-state index is 0.105. The first-order valence-corrected chi connectivity index (χ1v) is 6.99. The quantitative estimate of drug-likeness (QED) is 0.764. The number of hydrogen-bond acceptors (Lipinski definition) is 2. The molecule has 0 aromatic rings. The molecule has 0 saturated carbocycles. The van der Waals surface area contributed by atoms with Gasteiger partial charge < -0.3 is 10.4 Å². The number of carbonyl (C=O) groups excluding carboxylic acids is 1. The Balaban J connectivity index is 1.85. The lowest BCUT2D eigenvalue weighted by Crippen LogP contribution is -2.40. The van der Waals surface area contributed by atoms with Gasteiger partial charge in [0, 0.05) is 6.54 Å². The zero-order valence-electron chi connectivity index (χ0n) is 11.0. The minimum atomic E-state index is -0.870. The summed E-state index contributed by atoms with van der Waals surface area (Å²) in [5, 5.41) is 12.1. The molecule has 19 heavy (non-hydrogen) atoms. The lowest BCUT2D eigenvalue weighted by Gasteiger charge is -2.25. The minimum Gasteiger partial charge on any atom is -0.481 e. The second-order valence-corrected chi connectivity index (χ2v) is 5.39. The molecule has 0 fully saturated rings. The number of carboxylic acid groups (broad SMARTS) is 1. The second-order valence-electron chi connectivity index (χ2n) is 5.39. The zero-order valence-corrected chi connectivity index (χ0v) is 11.0. The summed E-state index contributed by atoms with van der Waals surface area (Å²) in [6, 6.07) is 0. The first-order valence-electron chi connectivity index (χ1n) is 6.99. The highest BCUT2D eigenvalue weighted by molar-refractivity contribution is 5.85. The van der Waals surface area contributed by atoms with E-state index in [-0.39, 0.29) is 5.91 Å². The van der Waals surface area contributed by atoms with Gasteiger partial charge in [-0.05, 0) is 38.0 Å². The summed E-state index contributed by atoms with van der Waals surface area (Å²) >= 11 is 0. The summed E-state index contributed by atoms with van der Waals surface area (Å²) in [7, 11) is 0. The Bertz CT molecular complexity index is 400. The fourth-order valence-corrected chi connectivity index (χ4v) is 2.79. The molecule has 0 spiro atoms. The highest BCUT2D eigenvalue weighted by Crippen LogP contribution is 2.26. The number of aliphatic carboxylic acids is 1. The number of amides is 1. The summed E-state index contributed by atoms with van der Waals surface area (Å²) in [6.45, 7) is 0.662. The molecular formula is C15H21NO3. The van der Waals surface area contributed by atoms with Gasteiger partial charge in [0.2, 0.25) is 5.91 Å². The molecule has 0 radical (unpaired) electrons. The molecule has 0 aliphatic heterocycles. The van der Waals surface area contributed by atoms with Crippen molar-refractivity contribution >= 4 is 11.9 Å². The predicted molar refractivity (Wildman–Crippen MR) is 72.5 cm³/mol. The van der Waals surface area contributed by atoms with Crippen molar-refractivity contribution in [2.45, 2.75) is 32.1 Å². The van der Waals surface area contributed by atoms with Crippen molar-refractivity contribution in [3.05, 3.63) is 24.3 Å². The van der Waals surface area contributed by atoms with Gasteiger partial charge in [-0.25, -0.2) is 0 Å². The van der Waals surface area contributed by atoms with Crippen molar-refractivity contribution < 1.29 is 14.7 Å². The van der Waals surface area contributed by atoms with Crippen LogP contribution >= 0.6 is 0 Å². The molecule has 0 saturated heterocycles. The van der Waals surface area contributed by atoms with Crippen molar-refractivity contribution in [2.24, 2.45) is 17.8 Å². The number of nitrogens with one attached hydrogen (secondary N) is 1. The van der Waals surface area contributed by atoms with Gasteiger partial charge in [-0.1, -0.05) is 24.3 Å². The summed E-state index contributed by atoms with van der Waals surface area (Å²) in [5.74, 6) is -1.47. The van der Waals surface area contributed by atoms with Gasteiger partial charge in [-0.3, -0.25) is 9.59 Å². The molecule has 0 aromatic carbocycles. The molecular weight excluding hydrogens is 242 g/mol. The van der Waals surface area contributed by atoms with Gasteiger partial charge in [-0.15, -0.1) is 0 Å². The van der Waals surface area contributed by atoms with Crippen molar-refractivity contribution in [3.63, 3.8) is 0 Å². The molecule has 0 heterocycles. The monoisotopic (exact) mass is 263 g/mol. The van der Waals surface area contributed by atoms with Crippen LogP contribution in [-0.4, -0.2) is 23.5 Å². The molecule has 2 rings (SSSR count). The normalized spacial score (nSPS) is 30.0. The molecule has 3 atom stereocenters. The number of allylic oxidation sites excluding steroid dienone is 4. The van der Waals surface area contributed by atoms with E-state index in [9.17, 15) is 9.59 Å². The number of rotatable bonds is 4. The fourth-order valence-electron chi connectivity index (χ4n) is 2.79. The average Bonchev–Trinajstić information content (AvgIpc) is 2.46. The molecule has 4 heteroatoms. The van der Waals surface area contributed by atoms with E-state index in [1.54, 1.807) is 0 Å². The maximum atomic E-state index is 12.1. The van der Waals surface area contributed by atoms with E-state index in [1.165, 1.54) is 0 Å². The Morgan fingerprint density at radius 2 is 1.74 bits per heavy atom. The lowest BCUT2D eigenvalue weighted by atomic mass is 9.82. The van der Waals surface area contributed by atoms with Crippen molar-refractivity contribution in [1.29, 1.82) is 0 Å². The van der Waals surface area contributed by atoms with Crippen LogP contribution < -0.4 is 5.32 Å². The highest BCUT2D eigenvalue weighted by atomic mass is 16.4. The summed E-state index contributed by atoms with van der Waals surface area (Å²) in [6.07, 6.45) is 12.3. The standard InChI is InChI=1S/C15H21NO3/c17-14(16-10-11-6-2-1-3-7-11)12-8-4-5-9-13(12)15(18)19/h1-2,4-5,11-13H,3,6-10H2,(H,16,17)(H,18,19). The van der Waals surface area contributed by atoms with E-state index in [1.807, 2.05) is 12.2 Å².